The van der Waals surface area contributed by atoms with Crippen molar-refractivity contribution in [2.24, 2.45) is 23.2 Å². The Kier molecular flexibility index (Phi) is 7.01. The van der Waals surface area contributed by atoms with E-state index in [1.54, 1.807) is 5.48 Å². The number of carbonyl (C=O) groups is 1. The molecule has 2 bridgehead atoms. The lowest BCUT2D eigenvalue weighted by molar-refractivity contribution is 0.0280. The molecule has 0 amide bonds. The highest BCUT2D eigenvalue weighted by molar-refractivity contribution is 7.17. The molecule has 2 fully saturated rings. The summed E-state index contributed by atoms with van der Waals surface area (Å²) in [5.74, 6) is 2.76. The van der Waals surface area contributed by atoms with Gasteiger partial charge in [0.2, 0.25) is 0 Å². The van der Waals surface area contributed by atoms with Crippen LogP contribution < -0.4 is 5.48 Å². The Balaban J connectivity index is 0.000000706. The number of hydrogen-bond donors (Lipinski definition) is 2. The molecule has 0 aromatic carbocycles. The monoisotopic (exact) mass is 404 g/mol. The number of aldehydes is 1. The third-order valence-corrected chi connectivity index (χ3v) is 7.25. The largest absolute Gasteiger partial charge is 0.317 e. The summed E-state index contributed by atoms with van der Waals surface area (Å²) in [5.41, 5.74) is 2.96. The number of hydroxylamine groups is 1. The molecule has 154 valence electrons. The fourth-order valence-electron chi connectivity index (χ4n) is 5.41. The average Bonchev–Trinajstić information content (AvgIpc) is 3.30. The molecule has 28 heavy (non-hydrogen) atoms. The van der Waals surface area contributed by atoms with Crippen LogP contribution in [0.15, 0.2) is 18.3 Å². The summed E-state index contributed by atoms with van der Waals surface area (Å²) in [6.45, 7) is 5.74. The zero-order chi connectivity index (χ0) is 20.1. The van der Waals surface area contributed by atoms with Crippen LogP contribution >= 0.6 is 11.3 Å². The van der Waals surface area contributed by atoms with E-state index in [1.165, 1.54) is 56.9 Å². The third-order valence-electron chi connectivity index (χ3n) is 6.22. The summed E-state index contributed by atoms with van der Waals surface area (Å²) in [4.78, 5) is 12.6. The second kappa shape index (κ2) is 9.29. The predicted octanol–water partition coefficient (Wildman–Crippen LogP) is 4.66. The zero-order valence-corrected chi connectivity index (χ0v) is 17.9. The molecule has 7 heteroatoms. The minimum atomic E-state index is 0.334. The maximum atomic E-state index is 10.9. The number of aromatic nitrogens is 3. The van der Waals surface area contributed by atoms with Crippen LogP contribution in [0.1, 0.15) is 62.0 Å². The lowest BCUT2D eigenvalue weighted by Gasteiger charge is -2.47. The predicted molar refractivity (Wildman–Crippen MR) is 112 cm³/mol. The molecule has 2 unspecified atom stereocenters. The van der Waals surface area contributed by atoms with Gasteiger partial charge < -0.3 is 5.21 Å². The van der Waals surface area contributed by atoms with Gasteiger partial charge in [0.15, 0.2) is 6.29 Å². The second-order valence-electron chi connectivity index (χ2n) is 8.78. The van der Waals surface area contributed by atoms with Crippen LogP contribution in [0.2, 0.25) is 0 Å². The highest BCUT2D eigenvalue weighted by atomic mass is 32.1. The van der Waals surface area contributed by atoms with Crippen molar-refractivity contribution in [1.29, 1.82) is 0 Å². The van der Waals surface area contributed by atoms with Gasteiger partial charge in [-0.05, 0) is 67.4 Å². The number of hydrogen-bond acceptors (Lipinski definition) is 6. The Morgan fingerprint density at radius 2 is 2.00 bits per heavy atom. The molecule has 2 N–H and O–H groups in total. The Bertz CT molecular complexity index is 758. The Morgan fingerprint density at radius 3 is 2.57 bits per heavy atom. The van der Waals surface area contributed by atoms with Crippen molar-refractivity contribution in [3.05, 3.63) is 23.2 Å². The maximum absolute atomic E-state index is 10.9. The van der Waals surface area contributed by atoms with Gasteiger partial charge in [-0.25, -0.2) is 5.48 Å². The maximum Gasteiger partial charge on any atom is 0.160 e. The zero-order valence-electron chi connectivity index (χ0n) is 17.1. The van der Waals surface area contributed by atoms with Gasteiger partial charge in [0.25, 0.3) is 0 Å². The number of thiophene rings is 1. The number of fused-ring (bicyclic) bond motifs is 2. The Hall–Kier alpha value is -1.57. The van der Waals surface area contributed by atoms with Crippen LogP contribution in [-0.4, -0.2) is 33.5 Å². The van der Waals surface area contributed by atoms with E-state index in [0.717, 1.165) is 46.0 Å². The quantitative estimate of drug-likeness (QED) is 0.560. The van der Waals surface area contributed by atoms with Crippen molar-refractivity contribution >= 4 is 17.6 Å². The second-order valence-corrected chi connectivity index (χ2v) is 9.89. The van der Waals surface area contributed by atoms with Crippen LogP contribution in [-0.2, 0) is 6.54 Å². The van der Waals surface area contributed by atoms with Crippen LogP contribution in [0.4, 0.5) is 0 Å². The first-order valence-corrected chi connectivity index (χ1v) is 11.1. The molecule has 0 radical (unpaired) electrons. The summed E-state index contributed by atoms with van der Waals surface area (Å²) in [7, 11) is 1.43. The third kappa shape index (κ3) is 5.07. The molecular formula is C21H32N4O2S. The summed E-state index contributed by atoms with van der Waals surface area (Å²) >= 11 is 1.48. The first kappa shape index (κ1) is 21.1. The molecule has 0 spiro atoms. The molecule has 2 aromatic rings. The van der Waals surface area contributed by atoms with Crippen LogP contribution in [0.3, 0.4) is 0 Å². The van der Waals surface area contributed by atoms with E-state index in [9.17, 15) is 4.79 Å². The van der Waals surface area contributed by atoms with Gasteiger partial charge in [0, 0.05) is 13.6 Å². The molecule has 2 atom stereocenters. The molecule has 4 rings (SSSR count). The molecular weight excluding hydrogens is 372 g/mol. The van der Waals surface area contributed by atoms with Gasteiger partial charge in [-0.2, -0.15) is 0 Å². The average molecular weight is 405 g/mol. The van der Waals surface area contributed by atoms with Gasteiger partial charge in [0.1, 0.15) is 5.69 Å². The fraction of sp³-hybridized carbons (Fsp3) is 0.667. The van der Waals surface area contributed by atoms with Crippen molar-refractivity contribution in [2.45, 2.75) is 58.9 Å². The summed E-state index contributed by atoms with van der Waals surface area (Å²) in [5, 5.41) is 16.0. The van der Waals surface area contributed by atoms with Gasteiger partial charge in [-0.3, -0.25) is 9.48 Å². The van der Waals surface area contributed by atoms with Crippen molar-refractivity contribution in [3.63, 3.8) is 0 Å². The molecule has 2 heterocycles. The number of nitrogens with zero attached hydrogens (tertiary/aromatic N) is 3. The van der Waals surface area contributed by atoms with Crippen molar-refractivity contribution < 1.29 is 10.0 Å². The molecule has 0 saturated heterocycles. The Morgan fingerprint density at radius 1 is 1.32 bits per heavy atom. The minimum Gasteiger partial charge on any atom is -0.317 e. The minimum absolute atomic E-state index is 0.334. The topological polar surface area (TPSA) is 80.0 Å². The van der Waals surface area contributed by atoms with E-state index in [0.29, 0.717) is 5.41 Å². The van der Waals surface area contributed by atoms with E-state index >= 15 is 0 Å². The molecule has 2 aliphatic carbocycles. The lowest BCUT2D eigenvalue weighted by atomic mass is 9.59. The van der Waals surface area contributed by atoms with E-state index in [2.05, 4.69) is 24.2 Å². The molecule has 6 nitrogen and oxygen atoms in total. The van der Waals surface area contributed by atoms with Gasteiger partial charge in [-0.1, -0.05) is 25.5 Å². The molecule has 0 aliphatic heterocycles. The first-order chi connectivity index (χ1) is 13.5. The number of rotatable bonds is 5. The number of carbonyl (C=O) groups excluding carboxylic acids is 1. The molecule has 2 aliphatic rings. The van der Waals surface area contributed by atoms with E-state index < -0.39 is 0 Å². The van der Waals surface area contributed by atoms with Crippen LogP contribution in [0, 0.1) is 23.2 Å². The molecule has 2 saturated carbocycles. The van der Waals surface area contributed by atoms with Gasteiger partial charge in [-0.15, -0.1) is 16.4 Å². The SMILES string of the molecule is CCC1CC2CC(C1)CC(C)(Cn1cc(-c3ccc(C=O)s3)nn1)C2.CNO. The standard InChI is InChI=1S/C20H27N3OS.CH5NO/c1-3-14-6-15-8-16(7-14)10-20(2,9-15)13-23-11-18(21-22-23)19-5-4-17(12-24)25-19;1-2-3/h4-5,11-12,14-16H,3,6-10,13H2,1-2H3;2-3H,1H3. The van der Waals surface area contributed by atoms with Crippen molar-refractivity contribution in [1.82, 2.24) is 20.5 Å². The van der Waals surface area contributed by atoms with Crippen molar-refractivity contribution in [2.75, 3.05) is 7.05 Å². The van der Waals surface area contributed by atoms with E-state index in [4.69, 9.17) is 5.21 Å². The van der Waals surface area contributed by atoms with Crippen molar-refractivity contribution in [3.8, 4) is 10.6 Å². The molecule has 2 aromatic heterocycles. The van der Waals surface area contributed by atoms with E-state index in [1.807, 2.05) is 23.0 Å². The Labute approximate surface area is 171 Å². The normalized spacial score (nSPS) is 29.1. The van der Waals surface area contributed by atoms with Gasteiger partial charge >= 0.3 is 0 Å². The highest BCUT2D eigenvalue weighted by Crippen LogP contribution is 2.51. The fourth-order valence-corrected chi connectivity index (χ4v) is 6.18. The van der Waals surface area contributed by atoms with E-state index in [-0.39, 0.29) is 0 Å². The van der Waals surface area contributed by atoms with Crippen LogP contribution in [0.5, 0.6) is 0 Å². The highest BCUT2D eigenvalue weighted by Gasteiger charge is 2.41. The van der Waals surface area contributed by atoms with Crippen LogP contribution in [0.25, 0.3) is 10.6 Å². The van der Waals surface area contributed by atoms with Gasteiger partial charge in [0.05, 0.1) is 16.0 Å². The summed E-state index contributed by atoms with van der Waals surface area (Å²) < 4.78 is 2.02. The summed E-state index contributed by atoms with van der Waals surface area (Å²) in [6.07, 6.45) is 11.2. The summed E-state index contributed by atoms with van der Waals surface area (Å²) in [6, 6.07) is 3.81. The lowest BCUT2D eigenvalue weighted by Crippen LogP contribution is -2.39. The first-order valence-electron chi connectivity index (χ1n) is 10.2. The smallest absolute Gasteiger partial charge is 0.160 e. The number of nitrogens with one attached hydrogen (secondary N) is 1.